The van der Waals surface area contributed by atoms with E-state index in [4.69, 9.17) is 0 Å². The fraction of sp³-hybridized carbons (Fsp3) is 0.455. The van der Waals surface area contributed by atoms with Crippen molar-refractivity contribution in [3.05, 3.63) is 35.4 Å². The normalized spacial score (nSPS) is 10.7. The van der Waals surface area contributed by atoms with Crippen molar-refractivity contribution in [3.8, 4) is 0 Å². The van der Waals surface area contributed by atoms with Gasteiger partial charge in [0.15, 0.2) is 0 Å². The fourth-order valence-corrected chi connectivity index (χ4v) is 1.18. The van der Waals surface area contributed by atoms with Crippen molar-refractivity contribution >= 4 is 0 Å². The van der Waals surface area contributed by atoms with Crippen molar-refractivity contribution in [2.75, 3.05) is 6.67 Å². The van der Waals surface area contributed by atoms with Crippen LogP contribution in [0.15, 0.2) is 24.3 Å². The smallest absolute Gasteiger partial charge is 0.0934 e. The van der Waals surface area contributed by atoms with Crippen LogP contribution in [0.4, 0.5) is 4.39 Å². The molecule has 0 aliphatic rings. The summed E-state index contributed by atoms with van der Waals surface area (Å²) in [4.78, 5) is 0. The first-order valence-electron chi connectivity index (χ1n) is 4.39. The van der Waals surface area contributed by atoms with Gasteiger partial charge in [0.1, 0.15) is 0 Å². The first-order valence-corrected chi connectivity index (χ1v) is 4.39. The molecule has 0 atom stereocenters. The lowest BCUT2D eigenvalue weighted by Gasteiger charge is -2.05. The average Bonchev–Trinajstić information content (AvgIpc) is 2.06. The van der Waals surface area contributed by atoms with Crippen molar-refractivity contribution in [3.63, 3.8) is 0 Å². The van der Waals surface area contributed by atoms with Crippen molar-refractivity contribution in [2.24, 2.45) is 0 Å². The Morgan fingerprint density at radius 2 is 1.75 bits per heavy atom. The van der Waals surface area contributed by atoms with Crippen LogP contribution in [0.3, 0.4) is 0 Å². The van der Waals surface area contributed by atoms with Crippen LogP contribution in [0, 0.1) is 0 Å². The second-order valence-corrected chi connectivity index (χ2v) is 3.34. The highest BCUT2D eigenvalue weighted by Crippen LogP contribution is 2.14. The van der Waals surface area contributed by atoms with E-state index in [1.165, 1.54) is 5.56 Å². The molecule has 12 heavy (non-hydrogen) atoms. The molecule has 0 saturated carbocycles. The van der Waals surface area contributed by atoms with Crippen LogP contribution in [-0.4, -0.2) is 6.67 Å². The Balaban J connectivity index is 2.71. The minimum Gasteiger partial charge on any atom is -0.251 e. The van der Waals surface area contributed by atoms with Gasteiger partial charge in [-0.25, -0.2) is 0 Å². The lowest BCUT2D eigenvalue weighted by atomic mass is 10.0. The molecule has 0 saturated heterocycles. The molecule has 0 fully saturated rings. The molecule has 0 aliphatic carbocycles. The summed E-state index contributed by atoms with van der Waals surface area (Å²) in [5, 5.41) is 0. The molecule has 0 aliphatic heterocycles. The van der Waals surface area contributed by atoms with Gasteiger partial charge in [-0.3, -0.25) is 4.39 Å². The lowest BCUT2D eigenvalue weighted by Crippen LogP contribution is -1.90. The average molecular weight is 166 g/mol. The van der Waals surface area contributed by atoms with Crippen LogP contribution >= 0.6 is 0 Å². The topological polar surface area (TPSA) is 0 Å². The lowest BCUT2D eigenvalue weighted by molar-refractivity contribution is 0.495. The molecule has 0 heterocycles. The van der Waals surface area contributed by atoms with Gasteiger partial charge in [-0.05, 0) is 17.0 Å². The predicted octanol–water partition coefficient (Wildman–Crippen LogP) is 3.32. The van der Waals surface area contributed by atoms with E-state index >= 15 is 0 Å². The van der Waals surface area contributed by atoms with Gasteiger partial charge in [0.05, 0.1) is 6.67 Å². The Morgan fingerprint density at radius 1 is 1.17 bits per heavy atom. The summed E-state index contributed by atoms with van der Waals surface area (Å²) in [6, 6.07) is 8.18. The first kappa shape index (κ1) is 9.24. The summed E-state index contributed by atoms with van der Waals surface area (Å²) in [6.45, 7) is 4.05. The van der Waals surface area contributed by atoms with E-state index in [0.717, 1.165) is 5.56 Å². The summed E-state index contributed by atoms with van der Waals surface area (Å²) < 4.78 is 11.9. The third kappa shape index (κ3) is 2.33. The van der Waals surface area contributed by atoms with E-state index in [-0.39, 0.29) is 6.67 Å². The Hall–Kier alpha value is -0.850. The third-order valence-electron chi connectivity index (χ3n) is 2.03. The van der Waals surface area contributed by atoms with E-state index in [0.29, 0.717) is 12.3 Å². The molecule has 0 bridgehead atoms. The van der Waals surface area contributed by atoms with Crippen molar-refractivity contribution in [1.82, 2.24) is 0 Å². The standard InChI is InChI=1S/C11H15F/c1-9(2)11-5-3-10(4-6-11)7-8-12/h3-6,9H,7-8H2,1-2H3. The van der Waals surface area contributed by atoms with Gasteiger partial charge in [-0.2, -0.15) is 0 Å². The highest BCUT2D eigenvalue weighted by Gasteiger charge is 1.97. The van der Waals surface area contributed by atoms with Crippen LogP contribution in [-0.2, 0) is 6.42 Å². The Labute approximate surface area is 73.4 Å². The maximum absolute atomic E-state index is 11.9. The highest BCUT2D eigenvalue weighted by atomic mass is 19.1. The third-order valence-corrected chi connectivity index (χ3v) is 2.03. The minimum absolute atomic E-state index is 0.263. The minimum atomic E-state index is -0.263. The largest absolute Gasteiger partial charge is 0.251 e. The summed E-state index contributed by atoms with van der Waals surface area (Å²) in [7, 11) is 0. The van der Waals surface area contributed by atoms with Gasteiger partial charge in [0.25, 0.3) is 0 Å². The van der Waals surface area contributed by atoms with Gasteiger partial charge < -0.3 is 0 Å². The van der Waals surface area contributed by atoms with Crippen LogP contribution in [0.25, 0.3) is 0 Å². The van der Waals surface area contributed by atoms with Crippen LogP contribution in [0.2, 0.25) is 0 Å². The summed E-state index contributed by atoms with van der Waals surface area (Å²) in [6.07, 6.45) is 0.540. The first-order chi connectivity index (χ1) is 5.74. The maximum atomic E-state index is 11.9. The second kappa shape index (κ2) is 4.24. The molecule has 0 nitrogen and oxygen atoms in total. The van der Waals surface area contributed by atoms with Gasteiger partial charge in [0, 0.05) is 6.42 Å². The zero-order valence-electron chi connectivity index (χ0n) is 7.68. The molecule has 1 aromatic carbocycles. The molecule has 0 unspecified atom stereocenters. The quantitative estimate of drug-likeness (QED) is 0.646. The fourth-order valence-electron chi connectivity index (χ4n) is 1.18. The van der Waals surface area contributed by atoms with Gasteiger partial charge in [-0.1, -0.05) is 38.1 Å². The predicted molar refractivity (Wildman–Crippen MR) is 50.2 cm³/mol. The van der Waals surface area contributed by atoms with Gasteiger partial charge >= 0.3 is 0 Å². The Bertz CT molecular complexity index is 223. The number of rotatable bonds is 3. The SMILES string of the molecule is CC(C)c1ccc(CCF)cc1. The summed E-state index contributed by atoms with van der Waals surface area (Å²) >= 11 is 0. The molecule has 0 amide bonds. The molecule has 1 heteroatoms. The summed E-state index contributed by atoms with van der Waals surface area (Å²) in [5.74, 6) is 0.560. The number of hydrogen-bond acceptors (Lipinski definition) is 0. The van der Waals surface area contributed by atoms with E-state index in [1.54, 1.807) is 0 Å². The van der Waals surface area contributed by atoms with Crippen LogP contribution in [0.1, 0.15) is 30.9 Å². The van der Waals surface area contributed by atoms with Crippen LogP contribution in [0.5, 0.6) is 0 Å². The van der Waals surface area contributed by atoms with E-state index < -0.39 is 0 Å². The molecule has 0 spiro atoms. The number of halogens is 1. The Kier molecular flexibility index (Phi) is 3.27. The van der Waals surface area contributed by atoms with Crippen LogP contribution < -0.4 is 0 Å². The highest BCUT2D eigenvalue weighted by molar-refractivity contribution is 5.24. The summed E-state index contributed by atoms with van der Waals surface area (Å²) in [5.41, 5.74) is 2.40. The molecule has 1 rings (SSSR count). The Morgan fingerprint density at radius 3 is 2.17 bits per heavy atom. The van der Waals surface area contributed by atoms with Gasteiger partial charge in [0.2, 0.25) is 0 Å². The zero-order chi connectivity index (χ0) is 8.97. The van der Waals surface area contributed by atoms with Gasteiger partial charge in [-0.15, -0.1) is 0 Å². The maximum Gasteiger partial charge on any atom is 0.0934 e. The monoisotopic (exact) mass is 166 g/mol. The van der Waals surface area contributed by atoms with Crippen molar-refractivity contribution < 1.29 is 4.39 Å². The van der Waals surface area contributed by atoms with Crippen molar-refractivity contribution in [2.45, 2.75) is 26.2 Å². The molecule has 0 N–H and O–H groups in total. The van der Waals surface area contributed by atoms with Crippen molar-refractivity contribution in [1.29, 1.82) is 0 Å². The zero-order valence-corrected chi connectivity index (χ0v) is 7.68. The van der Waals surface area contributed by atoms with E-state index in [2.05, 4.69) is 26.0 Å². The number of alkyl halides is 1. The number of aryl methyl sites for hydroxylation is 1. The number of hydrogen-bond donors (Lipinski definition) is 0. The molecule has 66 valence electrons. The number of benzene rings is 1. The molecule has 1 aromatic rings. The molecule has 0 radical (unpaired) electrons. The van der Waals surface area contributed by atoms with E-state index in [1.807, 2.05) is 12.1 Å². The molecule has 0 aromatic heterocycles. The molecular formula is C11H15F. The van der Waals surface area contributed by atoms with E-state index in [9.17, 15) is 4.39 Å². The molecular weight excluding hydrogens is 151 g/mol. The second-order valence-electron chi connectivity index (χ2n) is 3.34.